The molecule has 0 spiro atoms. The molecule has 100 valence electrons. The maximum atomic E-state index is 11.4. The van der Waals surface area contributed by atoms with Gasteiger partial charge >= 0.3 is 6.09 Å². The normalized spacial score (nSPS) is 11.9. The van der Waals surface area contributed by atoms with Gasteiger partial charge in [-0.3, -0.25) is 0 Å². The van der Waals surface area contributed by atoms with E-state index in [0.29, 0.717) is 0 Å². The lowest BCUT2D eigenvalue weighted by atomic mass is 10.2. The molecule has 2 aromatic rings. The molecule has 0 saturated carbocycles. The Kier molecular flexibility index (Phi) is 3.85. The number of hydrogen-bond donors (Lipinski definition) is 1. The lowest BCUT2D eigenvalue weighted by molar-refractivity contribution is 0.0529. The van der Waals surface area contributed by atoms with Crippen LogP contribution in [0.3, 0.4) is 0 Å². The van der Waals surface area contributed by atoms with Crippen molar-refractivity contribution in [2.75, 3.05) is 0 Å². The van der Waals surface area contributed by atoms with Gasteiger partial charge in [0, 0.05) is 9.58 Å². The summed E-state index contributed by atoms with van der Waals surface area (Å²) in [5.41, 5.74) is 1.83. The smallest absolute Gasteiger partial charge is 0.428 e. The van der Waals surface area contributed by atoms with Crippen molar-refractivity contribution in [3.05, 3.63) is 35.2 Å². The Morgan fingerprint density at radius 1 is 1.37 bits per heavy atom. The Bertz CT molecular complexity index is 578. The zero-order valence-electron chi connectivity index (χ0n) is 11.1. The predicted octanol–water partition coefficient (Wildman–Crippen LogP) is 3.76. The molecule has 0 aliphatic rings. The van der Waals surface area contributed by atoms with Crippen LogP contribution in [0, 0.1) is 0 Å². The van der Waals surface area contributed by atoms with E-state index in [4.69, 9.17) is 4.74 Å². The van der Waals surface area contributed by atoms with Gasteiger partial charge in [0.05, 0.1) is 6.21 Å². The van der Waals surface area contributed by atoms with Crippen LogP contribution < -0.4 is 5.43 Å². The molecule has 0 radical (unpaired) electrons. The van der Waals surface area contributed by atoms with Crippen molar-refractivity contribution in [1.82, 2.24) is 5.43 Å². The van der Waals surface area contributed by atoms with E-state index < -0.39 is 11.7 Å². The molecular formula is C14H16N2O2S. The highest BCUT2D eigenvalue weighted by atomic mass is 32.1. The van der Waals surface area contributed by atoms with Gasteiger partial charge in [-0.25, -0.2) is 10.2 Å². The number of carbonyl (C=O) groups is 1. The van der Waals surface area contributed by atoms with Gasteiger partial charge in [-0.15, -0.1) is 11.3 Å². The number of carbonyl (C=O) groups excluding carboxylic acids is 1. The minimum absolute atomic E-state index is 0.517. The molecule has 1 N–H and O–H groups in total. The van der Waals surface area contributed by atoms with Crippen LogP contribution in [0.5, 0.6) is 0 Å². The Morgan fingerprint density at radius 3 is 2.79 bits per heavy atom. The van der Waals surface area contributed by atoms with Gasteiger partial charge in [0.15, 0.2) is 0 Å². The highest BCUT2D eigenvalue weighted by molar-refractivity contribution is 7.20. The predicted molar refractivity (Wildman–Crippen MR) is 78.8 cm³/mol. The van der Waals surface area contributed by atoms with E-state index in [1.807, 2.05) is 45.0 Å². The molecule has 1 heterocycles. The van der Waals surface area contributed by atoms with E-state index >= 15 is 0 Å². The molecule has 4 nitrogen and oxygen atoms in total. The number of rotatable bonds is 2. The lowest BCUT2D eigenvalue weighted by Gasteiger charge is -2.18. The first-order chi connectivity index (χ1) is 8.94. The third-order valence-corrected chi connectivity index (χ3v) is 3.24. The SMILES string of the molecule is CC(C)(C)OC(=O)NN=Cc1cc2ccccc2s1. The Hall–Kier alpha value is -1.88. The minimum Gasteiger partial charge on any atom is -0.443 e. The second kappa shape index (κ2) is 5.40. The summed E-state index contributed by atoms with van der Waals surface area (Å²) in [6, 6.07) is 10.1. The number of hydrazone groups is 1. The van der Waals surface area contributed by atoms with Gasteiger partial charge < -0.3 is 4.74 Å². The molecule has 5 heteroatoms. The number of benzene rings is 1. The first-order valence-electron chi connectivity index (χ1n) is 5.95. The quantitative estimate of drug-likeness (QED) is 0.670. The number of fused-ring (bicyclic) bond motifs is 1. The van der Waals surface area contributed by atoms with Crippen molar-refractivity contribution in [3.8, 4) is 0 Å². The third-order valence-electron chi connectivity index (χ3n) is 2.19. The summed E-state index contributed by atoms with van der Waals surface area (Å²) >= 11 is 1.62. The Labute approximate surface area is 116 Å². The second-order valence-corrected chi connectivity index (χ2v) is 6.17. The van der Waals surface area contributed by atoms with Gasteiger partial charge in [-0.05, 0) is 38.3 Å². The molecule has 0 unspecified atom stereocenters. The number of nitrogens with zero attached hydrogens (tertiary/aromatic N) is 1. The molecule has 0 aliphatic heterocycles. The highest BCUT2D eigenvalue weighted by Crippen LogP contribution is 2.23. The molecule has 1 aromatic carbocycles. The lowest BCUT2D eigenvalue weighted by Crippen LogP contribution is -2.29. The maximum absolute atomic E-state index is 11.4. The Morgan fingerprint density at radius 2 is 2.11 bits per heavy atom. The first-order valence-corrected chi connectivity index (χ1v) is 6.76. The van der Waals surface area contributed by atoms with Crippen LogP contribution in [0.25, 0.3) is 10.1 Å². The first kappa shape index (κ1) is 13.5. The van der Waals surface area contributed by atoms with E-state index in [2.05, 4.69) is 16.6 Å². The van der Waals surface area contributed by atoms with Crippen LogP contribution in [-0.4, -0.2) is 17.9 Å². The fraction of sp³-hybridized carbons (Fsp3) is 0.286. The Balaban J connectivity index is 1.97. The average Bonchev–Trinajstić information content (AvgIpc) is 2.68. The van der Waals surface area contributed by atoms with Gasteiger partial charge in [-0.1, -0.05) is 18.2 Å². The maximum Gasteiger partial charge on any atom is 0.428 e. The summed E-state index contributed by atoms with van der Waals surface area (Å²) in [5.74, 6) is 0. The monoisotopic (exact) mass is 276 g/mol. The largest absolute Gasteiger partial charge is 0.443 e. The molecule has 1 aromatic heterocycles. The molecule has 0 fully saturated rings. The topological polar surface area (TPSA) is 50.7 Å². The molecule has 2 rings (SSSR count). The van der Waals surface area contributed by atoms with Crippen LogP contribution in [0.2, 0.25) is 0 Å². The highest BCUT2D eigenvalue weighted by Gasteiger charge is 2.15. The van der Waals surface area contributed by atoms with Crippen molar-refractivity contribution >= 4 is 33.7 Å². The molecule has 1 amide bonds. The van der Waals surface area contributed by atoms with Gasteiger partial charge in [0.25, 0.3) is 0 Å². The minimum atomic E-state index is -0.551. The van der Waals surface area contributed by atoms with E-state index in [1.165, 1.54) is 10.1 Å². The van der Waals surface area contributed by atoms with Crippen molar-refractivity contribution in [3.63, 3.8) is 0 Å². The van der Waals surface area contributed by atoms with E-state index in [-0.39, 0.29) is 0 Å². The summed E-state index contributed by atoms with van der Waals surface area (Å²) in [6.45, 7) is 5.42. The average molecular weight is 276 g/mol. The molecule has 0 bridgehead atoms. The fourth-order valence-electron chi connectivity index (χ4n) is 1.52. The van der Waals surface area contributed by atoms with Crippen molar-refractivity contribution in [1.29, 1.82) is 0 Å². The van der Waals surface area contributed by atoms with Crippen molar-refractivity contribution in [2.45, 2.75) is 26.4 Å². The molecule has 0 atom stereocenters. The standard InChI is InChI=1S/C14H16N2O2S/c1-14(2,3)18-13(17)16-15-9-11-8-10-6-4-5-7-12(10)19-11/h4-9H,1-3H3,(H,16,17). The van der Waals surface area contributed by atoms with Crippen LogP contribution in [0.15, 0.2) is 35.4 Å². The number of thiophene rings is 1. The second-order valence-electron chi connectivity index (χ2n) is 5.06. The van der Waals surface area contributed by atoms with Crippen LogP contribution in [-0.2, 0) is 4.74 Å². The van der Waals surface area contributed by atoms with Crippen LogP contribution >= 0.6 is 11.3 Å². The summed E-state index contributed by atoms with van der Waals surface area (Å²) < 4.78 is 6.27. The summed E-state index contributed by atoms with van der Waals surface area (Å²) in [6.07, 6.45) is 1.07. The fourth-order valence-corrected chi connectivity index (χ4v) is 2.45. The number of ether oxygens (including phenoxy) is 1. The summed E-state index contributed by atoms with van der Waals surface area (Å²) in [7, 11) is 0. The van der Waals surface area contributed by atoms with Gasteiger partial charge in [0.1, 0.15) is 5.60 Å². The van der Waals surface area contributed by atoms with Gasteiger partial charge in [0.2, 0.25) is 0 Å². The van der Waals surface area contributed by atoms with Crippen LogP contribution in [0.1, 0.15) is 25.6 Å². The molecular weight excluding hydrogens is 260 g/mol. The van der Waals surface area contributed by atoms with Crippen LogP contribution in [0.4, 0.5) is 4.79 Å². The van der Waals surface area contributed by atoms with E-state index in [9.17, 15) is 4.79 Å². The number of nitrogens with one attached hydrogen (secondary N) is 1. The summed E-state index contributed by atoms with van der Waals surface area (Å²) in [5, 5.41) is 5.05. The number of hydrogen-bond acceptors (Lipinski definition) is 4. The molecule has 0 aliphatic carbocycles. The zero-order chi connectivity index (χ0) is 13.9. The number of amides is 1. The van der Waals surface area contributed by atoms with Crippen molar-refractivity contribution < 1.29 is 9.53 Å². The van der Waals surface area contributed by atoms with Gasteiger partial charge in [-0.2, -0.15) is 5.10 Å². The summed E-state index contributed by atoms with van der Waals surface area (Å²) in [4.78, 5) is 12.4. The van der Waals surface area contributed by atoms with Crippen molar-refractivity contribution in [2.24, 2.45) is 5.10 Å². The molecule has 19 heavy (non-hydrogen) atoms. The zero-order valence-corrected chi connectivity index (χ0v) is 12.0. The van der Waals surface area contributed by atoms with E-state index in [1.54, 1.807) is 17.6 Å². The third kappa shape index (κ3) is 4.06. The molecule has 0 saturated heterocycles. The van der Waals surface area contributed by atoms with E-state index in [0.717, 1.165) is 4.88 Å².